The van der Waals surface area contributed by atoms with Crippen molar-refractivity contribution in [1.82, 2.24) is 19.7 Å². The van der Waals surface area contributed by atoms with Crippen LogP contribution in [0.5, 0.6) is 0 Å². The summed E-state index contributed by atoms with van der Waals surface area (Å²) in [6, 6.07) is 5.34. The number of hydrogen-bond acceptors (Lipinski definition) is 3. The summed E-state index contributed by atoms with van der Waals surface area (Å²) in [4.78, 5) is 23.3. The predicted octanol–water partition coefficient (Wildman–Crippen LogP) is 1.56. The highest BCUT2D eigenvalue weighted by molar-refractivity contribution is 5.77. The summed E-state index contributed by atoms with van der Waals surface area (Å²) in [6.07, 6.45) is 7.70. The van der Waals surface area contributed by atoms with Crippen molar-refractivity contribution in [2.75, 3.05) is 26.2 Å². The quantitative estimate of drug-likeness (QED) is 0.846. The van der Waals surface area contributed by atoms with Crippen LogP contribution in [0.25, 0.3) is 0 Å². The summed E-state index contributed by atoms with van der Waals surface area (Å²) in [7, 11) is 0. The van der Waals surface area contributed by atoms with Crippen molar-refractivity contribution in [3.05, 3.63) is 30.1 Å². The zero-order valence-electron chi connectivity index (χ0n) is 12.3. The highest BCUT2D eigenvalue weighted by atomic mass is 16.2. The SMILES string of the molecule is O=C1N(Cc2cccnc2)C[C@H]2CN(C3CCC3)CCN12. The summed E-state index contributed by atoms with van der Waals surface area (Å²) in [5.74, 6) is 0. The Morgan fingerprint density at radius 1 is 1.19 bits per heavy atom. The van der Waals surface area contributed by atoms with Gasteiger partial charge in [0.1, 0.15) is 0 Å². The second-order valence-corrected chi connectivity index (χ2v) is 6.45. The van der Waals surface area contributed by atoms with E-state index in [4.69, 9.17) is 0 Å². The molecule has 5 nitrogen and oxygen atoms in total. The van der Waals surface area contributed by atoms with E-state index in [0.717, 1.165) is 37.8 Å². The van der Waals surface area contributed by atoms with Gasteiger partial charge in [0.05, 0.1) is 6.04 Å². The number of carbonyl (C=O) groups is 1. The van der Waals surface area contributed by atoms with Crippen LogP contribution >= 0.6 is 0 Å². The van der Waals surface area contributed by atoms with Gasteiger partial charge in [0.15, 0.2) is 0 Å². The average Bonchev–Trinajstić information content (AvgIpc) is 2.74. The third kappa shape index (κ3) is 2.39. The number of amides is 2. The lowest BCUT2D eigenvalue weighted by molar-refractivity contribution is 0.0558. The molecule has 0 bridgehead atoms. The number of piperazine rings is 1. The van der Waals surface area contributed by atoms with E-state index in [-0.39, 0.29) is 6.03 Å². The molecule has 2 amide bonds. The summed E-state index contributed by atoms with van der Waals surface area (Å²) in [5.41, 5.74) is 1.11. The highest BCUT2D eigenvalue weighted by Gasteiger charge is 2.42. The smallest absolute Gasteiger partial charge is 0.318 e. The molecule has 112 valence electrons. The van der Waals surface area contributed by atoms with Gasteiger partial charge in [-0.3, -0.25) is 9.88 Å². The third-order valence-electron chi connectivity index (χ3n) is 5.15. The maximum Gasteiger partial charge on any atom is 0.320 e. The van der Waals surface area contributed by atoms with E-state index >= 15 is 0 Å². The molecule has 0 radical (unpaired) electrons. The van der Waals surface area contributed by atoms with Crippen molar-refractivity contribution in [3.63, 3.8) is 0 Å². The van der Waals surface area contributed by atoms with E-state index in [2.05, 4.69) is 14.8 Å². The Morgan fingerprint density at radius 2 is 2.10 bits per heavy atom. The van der Waals surface area contributed by atoms with Crippen molar-refractivity contribution in [2.24, 2.45) is 0 Å². The molecule has 5 heteroatoms. The second kappa shape index (κ2) is 5.30. The van der Waals surface area contributed by atoms with Crippen LogP contribution < -0.4 is 0 Å². The van der Waals surface area contributed by atoms with Gasteiger partial charge in [-0.15, -0.1) is 0 Å². The molecule has 3 heterocycles. The predicted molar refractivity (Wildman–Crippen MR) is 79.7 cm³/mol. The van der Waals surface area contributed by atoms with Crippen LogP contribution in [0, 0.1) is 0 Å². The standard InChI is InChI=1S/C16H22N4O/c21-16-19(10-13-3-2-6-17-9-13)12-15-11-18(7-8-20(15)16)14-4-1-5-14/h2-3,6,9,14-15H,1,4-5,7-8,10-12H2/t15-/m1/s1. The number of carbonyl (C=O) groups excluding carboxylic acids is 1. The minimum Gasteiger partial charge on any atom is -0.318 e. The van der Waals surface area contributed by atoms with Crippen LogP contribution in [0.1, 0.15) is 24.8 Å². The zero-order valence-corrected chi connectivity index (χ0v) is 12.3. The molecule has 1 aromatic heterocycles. The maximum atomic E-state index is 12.5. The minimum absolute atomic E-state index is 0.206. The van der Waals surface area contributed by atoms with E-state index in [1.165, 1.54) is 19.3 Å². The Kier molecular flexibility index (Phi) is 3.30. The molecule has 3 aliphatic rings. The number of rotatable bonds is 3. The van der Waals surface area contributed by atoms with Gasteiger partial charge < -0.3 is 9.80 Å². The number of fused-ring (bicyclic) bond motifs is 1. The van der Waals surface area contributed by atoms with Crippen LogP contribution in [-0.2, 0) is 6.54 Å². The number of nitrogens with zero attached hydrogens (tertiary/aromatic N) is 4. The molecular formula is C16H22N4O. The molecule has 1 aromatic rings. The molecule has 1 aliphatic carbocycles. The van der Waals surface area contributed by atoms with Crippen molar-refractivity contribution >= 4 is 6.03 Å². The molecule has 0 N–H and O–H groups in total. The van der Waals surface area contributed by atoms with Gasteiger partial charge in [0, 0.05) is 51.2 Å². The molecule has 4 rings (SSSR count). The molecule has 0 aromatic carbocycles. The normalized spacial score (nSPS) is 26.9. The van der Waals surface area contributed by atoms with E-state index in [0.29, 0.717) is 12.6 Å². The van der Waals surface area contributed by atoms with E-state index in [1.54, 1.807) is 6.20 Å². The molecule has 3 fully saturated rings. The zero-order chi connectivity index (χ0) is 14.2. The molecule has 21 heavy (non-hydrogen) atoms. The summed E-state index contributed by atoms with van der Waals surface area (Å²) >= 11 is 0. The fourth-order valence-corrected chi connectivity index (χ4v) is 3.73. The van der Waals surface area contributed by atoms with Gasteiger partial charge in [-0.2, -0.15) is 0 Å². The topological polar surface area (TPSA) is 39.7 Å². The lowest BCUT2D eigenvalue weighted by atomic mass is 9.90. The first kappa shape index (κ1) is 13.1. The van der Waals surface area contributed by atoms with Crippen molar-refractivity contribution in [2.45, 2.75) is 37.9 Å². The van der Waals surface area contributed by atoms with Gasteiger partial charge in [0.25, 0.3) is 0 Å². The molecule has 1 atom stereocenters. The summed E-state index contributed by atoms with van der Waals surface area (Å²) in [5, 5.41) is 0. The lowest BCUT2D eigenvalue weighted by Gasteiger charge is -2.44. The Hall–Kier alpha value is -1.62. The average molecular weight is 286 g/mol. The van der Waals surface area contributed by atoms with Gasteiger partial charge in [-0.25, -0.2) is 4.79 Å². The van der Waals surface area contributed by atoms with E-state index < -0.39 is 0 Å². The fourth-order valence-electron chi connectivity index (χ4n) is 3.73. The molecule has 0 spiro atoms. The second-order valence-electron chi connectivity index (χ2n) is 6.45. The Morgan fingerprint density at radius 3 is 2.81 bits per heavy atom. The number of urea groups is 1. The van der Waals surface area contributed by atoms with Crippen molar-refractivity contribution in [3.8, 4) is 0 Å². The number of hydrogen-bond donors (Lipinski definition) is 0. The Balaban J connectivity index is 1.42. The highest BCUT2D eigenvalue weighted by Crippen LogP contribution is 2.29. The van der Waals surface area contributed by atoms with Crippen LogP contribution in [0.3, 0.4) is 0 Å². The van der Waals surface area contributed by atoms with Crippen LogP contribution in [0.4, 0.5) is 4.79 Å². The summed E-state index contributed by atoms with van der Waals surface area (Å²) < 4.78 is 0. The lowest BCUT2D eigenvalue weighted by Crippen LogP contribution is -2.56. The third-order valence-corrected chi connectivity index (χ3v) is 5.15. The Bertz CT molecular complexity index is 516. The summed E-state index contributed by atoms with van der Waals surface area (Å²) in [6.45, 7) is 4.54. The number of pyridine rings is 1. The monoisotopic (exact) mass is 286 g/mol. The molecule has 2 aliphatic heterocycles. The van der Waals surface area contributed by atoms with E-state index in [1.807, 2.05) is 23.2 Å². The van der Waals surface area contributed by atoms with E-state index in [9.17, 15) is 4.79 Å². The first-order valence-electron chi connectivity index (χ1n) is 8.00. The van der Waals surface area contributed by atoms with Gasteiger partial charge in [-0.1, -0.05) is 12.5 Å². The molecule has 1 saturated carbocycles. The largest absolute Gasteiger partial charge is 0.320 e. The molecule has 2 saturated heterocycles. The number of aromatic nitrogens is 1. The maximum absolute atomic E-state index is 12.5. The van der Waals surface area contributed by atoms with Gasteiger partial charge in [-0.05, 0) is 24.5 Å². The van der Waals surface area contributed by atoms with Crippen molar-refractivity contribution < 1.29 is 4.79 Å². The first-order chi connectivity index (χ1) is 10.3. The first-order valence-corrected chi connectivity index (χ1v) is 8.00. The van der Waals surface area contributed by atoms with Crippen LogP contribution in [0.2, 0.25) is 0 Å². The fraction of sp³-hybridized carbons (Fsp3) is 0.625. The Labute approximate surface area is 125 Å². The van der Waals surface area contributed by atoms with Gasteiger partial charge in [0.2, 0.25) is 0 Å². The van der Waals surface area contributed by atoms with Crippen molar-refractivity contribution in [1.29, 1.82) is 0 Å². The van der Waals surface area contributed by atoms with Crippen LogP contribution in [-0.4, -0.2) is 64.0 Å². The minimum atomic E-state index is 0.206. The van der Waals surface area contributed by atoms with Gasteiger partial charge >= 0.3 is 6.03 Å². The molecule has 0 unspecified atom stereocenters. The molecular weight excluding hydrogens is 264 g/mol. The van der Waals surface area contributed by atoms with Crippen LogP contribution in [0.15, 0.2) is 24.5 Å².